The molecule has 66 valence electrons. The fraction of sp³-hybridized carbons (Fsp3) is 0.100. The molecule has 0 N–H and O–H groups in total. The number of benzene rings is 1. The van der Waals surface area contributed by atoms with Crippen molar-refractivity contribution in [2.24, 2.45) is 0 Å². The molecule has 0 radical (unpaired) electrons. The Bertz CT molecular complexity index is 471. The minimum atomic E-state index is 0.197. The van der Waals surface area contributed by atoms with E-state index in [1.54, 1.807) is 0 Å². The lowest BCUT2D eigenvalue weighted by Crippen LogP contribution is -1.71. The standard InChI is InChI=1S/C10H7ClO2/c1-6-2-3-7-8(4-6)13-9(5-12)10(7)11/h2-5H,1H3. The fourth-order valence-corrected chi connectivity index (χ4v) is 1.51. The average Bonchev–Trinajstić information content (AvgIpc) is 2.42. The van der Waals surface area contributed by atoms with Crippen LogP contribution in [0, 0.1) is 6.92 Å². The lowest BCUT2D eigenvalue weighted by Gasteiger charge is -1.89. The molecule has 0 saturated carbocycles. The molecule has 0 amide bonds. The number of hydrogen-bond acceptors (Lipinski definition) is 2. The van der Waals surface area contributed by atoms with Crippen LogP contribution >= 0.6 is 11.6 Å². The van der Waals surface area contributed by atoms with Crippen molar-refractivity contribution in [3.05, 3.63) is 34.5 Å². The quantitative estimate of drug-likeness (QED) is 0.653. The molecular formula is C10H7ClO2. The van der Waals surface area contributed by atoms with Crippen molar-refractivity contribution in [2.45, 2.75) is 6.92 Å². The van der Waals surface area contributed by atoms with Gasteiger partial charge in [-0.15, -0.1) is 0 Å². The molecule has 0 aliphatic heterocycles. The predicted molar refractivity (Wildman–Crippen MR) is 51.3 cm³/mol. The number of rotatable bonds is 1. The highest BCUT2D eigenvalue weighted by Gasteiger charge is 2.10. The number of fused-ring (bicyclic) bond motifs is 1. The Hall–Kier alpha value is -1.28. The van der Waals surface area contributed by atoms with Crippen LogP contribution in [0.25, 0.3) is 11.0 Å². The van der Waals surface area contributed by atoms with Gasteiger partial charge in [0.15, 0.2) is 12.0 Å². The molecule has 0 bridgehead atoms. The first-order valence-electron chi connectivity index (χ1n) is 3.86. The number of carbonyl (C=O) groups is 1. The highest BCUT2D eigenvalue weighted by Crippen LogP contribution is 2.29. The molecule has 0 unspecified atom stereocenters. The molecule has 2 nitrogen and oxygen atoms in total. The molecule has 1 heterocycles. The van der Waals surface area contributed by atoms with E-state index in [0.29, 0.717) is 16.9 Å². The smallest absolute Gasteiger partial charge is 0.186 e. The third-order valence-electron chi connectivity index (χ3n) is 1.92. The highest BCUT2D eigenvalue weighted by molar-refractivity contribution is 6.37. The van der Waals surface area contributed by atoms with Gasteiger partial charge in [0.2, 0.25) is 0 Å². The van der Waals surface area contributed by atoms with E-state index in [1.165, 1.54) is 0 Å². The Morgan fingerprint density at radius 2 is 2.23 bits per heavy atom. The van der Waals surface area contributed by atoms with E-state index in [1.807, 2.05) is 25.1 Å². The van der Waals surface area contributed by atoms with Gasteiger partial charge in [0.25, 0.3) is 0 Å². The van der Waals surface area contributed by atoms with Gasteiger partial charge in [0, 0.05) is 5.39 Å². The van der Waals surface area contributed by atoms with Crippen molar-refractivity contribution in [3.8, 4) is 0 Å². The molecule has 0 atom stereocenters. The molecule has 2 aromatic rings. The fourth-order valence-electron chi connectivity index (χ4n) is 1.27. The summed E-state index contributed by atoms with van der Waals surface area (Å²) >= 11 is 5.88. The Morgan fingerprint density at radius 3 is 2.92 bits per heavy atom. The van der Waals surface area contributed by atoms with Crippen LogP contribution in [-0.2, 0) is 0 Å². The maximum absolute atomic E-state index is 10.5. The Kier molecular flexibility index (Phi) is 1.85. The van der Waals surface area contributed by atoms with Crippen LogP contribution < -0.4 is 0 Å². The van der Waals surface area contributed by atoms with E-state index in [2.05, 4.69) is 0 Å². The number of aryl methyl sites for hydroxylation is 1. The minimum absolute atomic E-state index is 0.197. The maximum atomic E-state index is 10.5. The topological polar surface area (TPSA) is 30.2 Å². The number of halogens is 1. The first kappa shape index (κ1) is 8.32. The van der Waals surface area contributed by atoms with Crippen LogP contribution in [0.3, 0.4) is 0 Å². The zero-order valence-electron chi connectivity index (χ0n) is 7.00. The zero-order valence-corrected chi connectivity index (χ0v) is 7.76. The predicted octanol–water partition coefficient (Wildman–Crippen LogP) is 3.21. The summed E-state index contributed by atoms with van der Waals surface area (Å²) in [5.74, 6) is 0.197. The van der Waals surface area contributed by atoms with Crippen molar-refractivity contribution in [2.75, 3.05) is 0 Å². The normalized spacial score (nSPS) is 10.6. The largest absolute Gasteiger partial charge is 0.452 e. The molecular weight excluding hydrogens is 188 g/mol. The summed E-state index contributed by atoms with van der Waals surface area (Å²) in [5.41, 5.74) is 1.74. The second kappa shape index (κ2) is 2.89. The van der Waals surface area contributed by atoms with Crippen molar-refractivity contribution in [3.63, 3.8) is 0 Å². The molecule has 0 aliphatic rings. The van der Waals surface area contributed by atoms with Gasteiger partial charge in [-0.2, -0.15) is 0 Å². The molecule has 1 aromatic heterocycles. The average molecular weight is 195 g/mol. The van der Waals surface area contributed by atoms with E-state index >= 15 is 0 Å². The van der Waals surface area contributed by atoms with Gasteiger partial charge in [0.05, 0.1) is 5.02 Å². The first-order valence-corrected chi connectivity index (χ1v) is 4.24. The van der Waals surface area contributed by atoms with Crippen molar-refractivity contribution in [1.29, 1.82) is 0 Å². The maximum Gasteiger partial charge on any atom is 0.186 e. The molecule has 0 fully saturated rings. The van der Waals surface area contributed by atoms with Crippen LogP contribution in [0.1, 0.15) is 16.1 Å². The van der Waals surface area contributed by atoms with E-state index in [0.717, 1.165) is 10.9 Å². The number of aldehydes is 1. The van der Waals surface area contributed by atoms with Gasteiger partial charge in [-0.1, -0.05) is 17.7 Å². The Morgan fingerprint density at radius 1 is 1.46 bits per heavy atom. The van der Waals surface area contributed by atoms with Gasteiger partial charge < -0.3 is 4.42 Å². The zero-order chi connectivity index (χ0) is 9.42. The third kappa shape index (κ3) is 1.23. The summed E-state index contributed by atoms with van der Waals surface area (Å²) in [6, 6.07) is 5.63. The van der Waals surface area contributed by atoms with Crippen molar-refractivity contribution in [1.82, 2.24) is 0 Å². The number of carbonyl (C=O) groups excluding carboxylic acids is 1. The molecule has 0 saturated heterocycles. The summed E-state index contributed by atoms with van der Waals surface area (Å²) in [6.07, 6.45) is 0.623. The highest BCUT2D eigenvalue weighted by atomic mass is 35.5. The molecule has 0 spiro atoms. The van der Waals surface area contributed by atoms with Gasteiger partial charge in [-0.3, -0.25) is 4.79 Å². The summed E-state index contributed by atoms with van der Waals surface area (Å²) < 4.78 is 5.23. The molecule has 2 rings (SSSR count). The lowest BCUT2D eigenvalue weighted by molar-refractivity contribution is 0.110. The van der Waals surface area contributed by atoms with E-state index in [4.69, 9.17) is 16.0 Å². The van der Waals surface area contributed by atoms with Crippen LogP contribution in [0.2, 0.25) is 5.02 Å². The second-order valence-corrected chi connectivity index (χ2v) is 3.28. The second-order valence-electron chi connectivity index (χ2n) is 2.90. The third-order valence-corrected chi connectivity index (χ3v) is 2.31. The summed E-state index contributed by atoms with van der Waals surface area (Å²) in [5, 5.41) is 1.18. The van der Waals surface area contributed by atoms with Crippen LogP contribution in [0.15, 0.2) is 22.6 Å². The summed E-state index contributed by atoms with van der Waals surface area (Å²) in [6.45, 7) is 1.95. The summed E-state index contributed by atoms with van der Waals surface area (Å²) in [4.78, 5) is 10.5. The van der Waals surface area contributed by atoms with E-state index in [-0.39, 0.29) is 5.76 Å². The van der Waals surface area contributed by atoms with Gasteiger partial charge in [0.1, 0.15) is 5.58 Å². The van der Waals surface area contributed by atoms with Crippen LogP contribution in [0.5, 0.6) is 0 Å². The SMILES string of the molecule is Cc1ccc2c(Cl)c(C=O)oc2c1. The molecule has 13 heavy (non-hydrogen) atoms. The lowest BCUT2D eigenvalue weighted by atomic mass is 10.2. The van der Waals surface area contributed by atoms with Crippen LogP contribution in [-0.4, -0.2) is 6.29 Å². The van der Waals surface area contributed by atoms with Crippen molar-refractivity contribution < 1.29 is 9.21 Å². The van der Waals surface area contributed by atoms with E-state index in [9.17, 15) is 4.79 Å². The van der Waals surface area contributed by atoms with Gasteiger partial charge in [-0.05, 0) is 24.6 Å². The van der Waals surface area contributed by atoms with E-state index < -0.39 is 0 Å². The van der Waals surface area contributed by atoms with Crippen molar-refractivity contribution >= 4 is 28.9 Å². The van der Waals surface area contributed by atoms with Gasteiger partial charge in [-0.25, -0.2) is 0 Å². The Balaban J connectivity index is 2.83. The summed E-state index contributed by atoms with van der Waals surface area (Å²) in [7, 11) is 0. The number of furan rings is 1. The molecule has 3 heteroatoms. The molecule has 0 aliphatic carbocycles. The number of hydrogen-bond donors (Lipinski definition) is 0. The first-order chi connectivity index (χ1) is 6.22. The van der Waals surface area contributed by atoms with Crippen LogP contribution in [0.4, 0.5) is 0 Å². The van der Waals surface area contributed by atoms with Gasteiger partial charge >= 0.3 is 0 Å². The molecule has 1 aromatic carbocycles. The monoisotopic (exact) mass is 194 g/mol. The Labute approximate surface area is 80.1 Å². The minimum Gasteiger partial charge on any atom is -0.452 e.